The minimum absolute atomic E-state index is 0.374. The molecule has 16 heavy (non-hydrogen) atoms. The van der Waals surface area contributed by atoms with Gasteiger partial charge in [0.25, 0.3) is 5.91 Å². The molecule has 2 heterocycles. The van der Waals surface area contributed by atoms with Crippen LogP contribution in [0.2, 0.25) is 0 Å². The molecule has 1 amide bonds. The van der Waals surface area contributed by atoms with Crippen LogP contribution in [-0.2, 0) is 0 Å². The van der Waals surface area contributed by atoms with E-state index in [1.807, 2.05) is 5.38 Å². The van der Waals surface area contributed by atoms with Crippen molar-refractivity contribution in [2.45, 2.75) is 18.8 Å². The molecule has 1 aliphatic carbocycles. The highest BCUT2D eigenvalue weighted by molar-refractivity contribution is 7.17. The summed E-state index contributed by atoms with van der Waals surface area (Å²) in [5.74, 6) is 0.0621. The summed E-state index contributed by atoms with van der Waals surface area (Å²) in [5, 5.41) is 2.73. The van der Waals surface area contributed by atoms with Gasteiger partial charge in [0.1, 0.15) is 15.6 Å². The van der Waals surface area contributed by atoms with Crippen LogP contribution in [0.4, 0.5) is 0 Å². The molecule has 0 aliphatic heterocycles. The third-order valence-corrected chi connectivity index (χ3v) is 4.19. The first-order valence-corrected chi connectivity index (χ1v) is 6.70. The number of thiazole rings is 2. The van der Waals surface area contributed by atoms with Crippen LogP contribution in [0, 0.1) is 0 Å². The standard InChI is InChI=1S/C10H9N3OS2/c11-9(14)8-7(5-1-2-5)13-10(16-8)6-3-15-4-12-6/h3-5H,1-2H2,(H2,11,14). The Morgan fingerprint density at radius 1 is 1.50 bits per heavy atom. The normalized spacial score (nSPS) is 15.2. The van der Waals surface area contributed by atoms with Crippen molar-refractivity contribution in [3.8, 4) is 10.7 Å². The number of primary amides is 1. The molecule has 0 bridgehead atoms. The molecule has 0 aromatic carbocycles. The summed E-state index contributed by atoms with van der Waals surface area (Å²) in [6.07, 6.45) is 2.22. The fourth-order valence-corrected chi connectivity index (χ4v) is 3.15. The predicted octanol–water partition coefficient (Wildman–Crippen LogP) is 2.24. The van der Waals surface area contributed by atoms with E-state index >= 15 is 0 Å². The largest absolute Gasteiger partial charge is 0.365 e. The quantitative estimate of drug-likeness (QED) is 0.909. The molecule has 4 nitrogen and oxygen atoms in total. The number of aromatic nitrogens is 2. The maximum absolute atomic E-state index is 11.3. The van der Waals surface area contributed by atoms with Gasteiger partial charge < -0.3 is 5.73 Å². The van der Waals surface area contributed by atoms with Gasteiger partial charge in [-0.15, -0.1) is 22.7 Å². The molecule has 0 unspecified atom stereocenters. The average molecular weight is 251 g/mol. The molecule has 0 atom stereocenters. The lowest BCUT2D eigenvalue weighted by Crippen LogP contribution is -2.11. The van der Waals surface area contributed by atoms with Crippen molar-refractivity contribution >= 4 is 28.6 Å². The number of nitrogens with two attached hydrogens (primary N) is 1. The summed E-state index contributed by atoms with van der Waals surface area (Å²) in [4.78, 5) is 20.6. The Labute approximate surface area is 100 Å². The highest BCUT2D eigenvalue weighted by Crippen LogP contribution is 2.43. The van der Waals surface area contributed by atoms with E-state index in [0.29, 0.717) is 10.8 Å². The zero-order valence-corrected chi connectivity index (χ0v) is 9.98. The Hall–Kier alpha value is -1.27. The van der Waals surface area contributed by atoms with E-state index in [4.69, 9.17) is 5.73 Å². The van der Waals surface area contributed by atoms with Crippen molar-refractivity contribution in [1.29, 1.82) is 0 Å². The molecule has 0 spiro atoms. The number of hydrogen-bond donors (Lipinski definition) is 1. The van der Waals surface area contributed by atoms with Crippen LogP contribution in [0.3, 0.4) is 0 Å². The van der Waals surface area contributed by atoms with E-state index in [0.717, 1.165) is 29.2 Å². The molecule has 2 aromatic heterocycles. The minimum atomic E-state index is -0.374. The number of nitrogens with zero attached hydrogens (tertiary/aromatic N) is 2. The SMILES string of the molecule is NC(=O)c1sc(-c2cscn2)nc1C1CC1. The second kappa shape index (κ2) is 3.64. The van der Waals surface area contributed by atoms with Crippen LogP contribution in [-0.4, -0.2) is 15.9 Å². The summed E-state index contributed by atoms with van der Waals surface area (Å²) in [5.41, 5.74) is 8.83. The first kappa shape index (κ1) is 9.92. The van der Waals surface area contributed by atoms with Crippen molar-refractivity contribution in [2.75, 3.05) is 0 Å². The molecule has 2 aromatic rings. The Morgan fingerprint density at radius 3 is 2.88 bits per heavy atom. The molecular weight excluding hydrogens is 242 g/mol. The monoisotopic (exact) mass is 251 g/mol. The van der Waals surface area contributed by atoms with Gasteiger partial charge in [0.15, 0.2) is 0 Å². The number of carbonyl (C=O) groups excluding carboxylic acids is 1. The molecule has 6 heteroatoms. The van der Waals surface area contributed by atoms with Crippen molar-refractivity contribution < 1.29 is 4.79 Å². The van der Waals surface area contributed by atoms with Crippen molar-refractivity contribution in [2.24, 2.45) is 5.73 Å². The third-order valence-electron chi connectivity index (χ3n) is 2.49. The minimum Gasteiger partial charge on any atom is -0.365 e. The average Bonchev–Trinajstić information content (AvgIpc) is 2.83. The van der Waals surface area contributed by atoms with Gasteiger partial charge in [-0.05, 0) is 12.8 Å². The van der Waals surface area contributed by atoms with Crippen LogP contribution in [0.5, 0.6) is 0 Å². The van der Waals surface area contributed by atoms with E-state index in [2.05, 4.69) is 9.97 Å². The lowest BCUT2D eigenvalue weighted by atomic mass is 10.2. The van der Waals surface area contributed by atoms with Gasteiger partial charge in [-0.25, -0.2) is 9.97 Å². The maximum Gasteiger partial charge on any atom is 0.260 e. The predicted molar refractivity (Wildman–Crippen MR) is 63.7 cm³/mol. The van der Waals surface area contributed by atoms with Gasteiger partial charge >= 0.3 is 0 Å². The summed E-state index contributed by atoms with van der Waals surface area (Å²) < 4.78 is 0. The summed E-state index contributed by atoms with van der Waals surface area (Å²) in [7, 11) is 0. The summed E-state index contributed by atoms with van der Waals surface area (Å²) >= 11 is 2.87. The van der Waals surface area contributed by atoms with Gasteiger partial charge in [-0.2, -0.15) is 0 Å². The van der Waals surface area contributed by atoms with Gasteiger partial charge in [-0.1, -0.05) is 0 Å². The smallest absolute Gasteiger partial charge is 0.260 e. The highest BCUT2D eigenvalue weighted by Gasteiger charge is 2.31. The first-order chi connectivity index (χ1) is 7.75. The Balaban J connectivity index is 2.08. The molecule has 0 saturated heterocycles. The zero-order chi connectivity index (χ0) is 11.1. The molecular formula is C10H9N3OS2. The lowest BCUT2D eigenvalue weighted by molar-refractivity contribution is 0.100. The van der Waals surface area contributed by atoms with Crippen LogP contribution < -0.4 is 5.73 Å². The van der Waals surface area contributed by atoms with E-state index in [1.165, 1.54) is 22.7 Å². The number of rotatable bonds is 3. The number of hydrogen-bond acceptors (Lipinski definition) is 5. The molecule has 1 saturated carbocycles. The Morgan fingerprint density at radius 2 is 2.31 bits per heavy atom. The van der Waals surface area contributed by atoms with Crippen LogP contribution in [0.15, 0.2) is 10.9 Å². The second-order valence-electron chi connectivity index (χ2n) is 3.75. The first-order valence-electron chi connectivity index (χ1n) is 4.95. The molecule has 82 valence electrons. The fraction of sp³-hybridized carbons (Fsp3) is 0.300. The van der Waals surface area contributed by atoms with Gasteiger partial charge in [0.2, 0.25) is 0 Å². The van der Waals surface area contributed by atoms with Crippen LogP contribution in [0.1, 0.15) is 34.1 Å². The van der Waals surface area contributed by atoms with Crippen molar-refractivity contribution in [3.05, 3.63) is 21.5 Å². The van der Waals surface area contributed by atoms with Crippen molar-refractivity contribution in [1.82, 2.24) is 9.97 Å². The van der Waals surface area contributed by atoms with Gasteiger partial charge in [0, 0.05) is 11.3 Å². The molecule has 1 aliphatic rings. The Bertz CT molecular complexity index is 528. The molecule has 1 fully saturated rings. The van der Waals surface area contributed by atoms with E-state index in [-0.39, 0.29) is 5.91 Å². The molecule has 2 N–H and O–H groups in total. The number of amides is 1. The lowest BCUT2D eigenvalue weighted by Gasteiger charge is -1.92. The van der Waals surface area contributed by atoms with E-state index in [1.54, 1.807) is 5.51 Å². The van der Waals surface area contributed by atoms with Gasteiger partial charge in [-0.3, -0.25) is 4.79 Å². The van der Waals surface area contributed by atoms with Crippen LogP contribution in [0.25, 0.3) is 10.7 Å². The maximum atomic E-state index is 11.3. The summed E-state index contributed by atoms with van der Waals surface area (Å²) in [6, 6.07) is 0. The van der Waals surface area contributed by atoms with Crippen molar-refractivity contribution in [3.63, 3.8) is 0 Å². The highest BCUT2D eigenvalue weighted by atomic mass is 32.1. The van der Waals surface area contributed by atoms with E-state index < -0.39 is 0 Å². The topological polar surface area (TPSA) is 68.9 Å². The number of carbonyl (C=O) groups is 1. The molecule has 3 rings (SSSR count). The second-order valence-corrected chi connectivity index (χ2v) is 5.46. The molecule has 0 radical (unpaired) electrons. The van der Waals surface area contributed by atoms with Crippen LogP contribution >= 0.6 is 22.7 Å². The Kier molecular flexibility index (Phi) is 2.26. The van der Waals surface area contributed by atoms with E-state index in [9.17, 15) is 4.79 Å². The van der Waals surface area contributed by atoms with Gasteiger partial charge in [0.05, 0.1) is 11.2 Å². The zero-order valence-electron chi connectivity index (χ0n) is 8.34. The fourth-order valence-electron chi connectivity index (χ4n) is 1.57. The summed E-state index contributed by atoms with van der Waals surface area (Å²) in [6.45, 7) is 0. The third kappa shape index (κ3) is 1.64.